The van der Waals surface area contributed by atoms with Crippen molar-refractivity contribution >= 4 is 17.6 Å². The molecule has 4 aromatic rings. The van der Waals surface area contributed by atoms with Gasteiger partial charge in [0.15, 0.2) is 17.3 Å². The Balaban J connectivity index is 1.31. The average Bonchev–Trinajstić information content (AvgIpc) is 3.39. The maximum Gasteiger partial charge on any atom is 0.208 e. The molecule has 2 aromatic carbocycles. The number of hydrogen-bond donors (Lipinski definition) is 7. The summed E-state index contributed by atoms with van der Waals surface area (Å²) in [6, 6.07) is 12.8. The van der Waals surface area contributed by atoms with Crippen molar-refractivity contribution in [2.75, 3.05) is 18.9 Å². The van der Waals surface area contributed by atoms with Crippen LogP contribution in [0.4, 0.5) is 5.82 Å². The van der Waals surface area contributed by atoms with Crippen molar-refractivity contribution in [2.45, 2.75) is 48.2 Å². The van der Waals surface area contributed by atoms with Crippen LogP contribution in [0.5, 0.6) is 5.75 Å². The number of thioether (sulfide) groups is 1. The Hall–Kier alpha value is -3.56. The lowest BCUT2D eigenvalue weighted by Crippen LogP contribution is -2.70. The molecule has 0 unspecified atom stereocenters. The number of anilines is 1. The first kappa shape index (κ1) is 29.0. The van der Waals surface area contributed by atoms with Gasteiger partial charge >= 0.3 is 0 Å². The first-order chi connectivity index (χ1) is 19.4. The molecular weight excluding hydrogens is 550 g/mol. The van der Waals surface area contributed by atoms with Crippen molar-refractivity contribution < 1.29 is 34.8 Å². The Bertz CT molecular complexity index is 1510. The van der Waals surface area contributed by atoms with Gasteiger partial charge in [-0.1, -0.05) is 49.3 Å². The van der Waals surface area contributed by atoms with Crippen LogP contribution >= 0.6 is 11.8 Å². The van der Waals surface area contributed by atoms with E-state index in [0.29, 0.717) is 33.7 Å². The number of phenols is 1. The molecule has 8 N–H and O–H groups in total. The Morgan fingerprint density at radius 3 is 2.34 bits per heavy atom. The summed E-state index contributed by atoms with van der Waals surface area (Å²) in [5, 5.41) is 58.1. The number of phenolic OH excluding ortho intramolecular Hbond substituents is 1. The van der Waals surface area contributed by atoms with Gasteiger partial charge in [-0.25, -0.2) is 9.97 Å². The standard InChI is InChI=1S/C28H31N5O7S/c1-15(2)41-23-8-7-18(9-21(23)34)20-12-30-25(29)24(32-20)22-10-19(33-40-22)17-5-3-16(4-6-17)11-31-26-27(35,36)13-39-14-28(26,37)38/h3-10,12,15,26,31,34-38H,11,13-14H2,1-2H3,(H2,29,30). The summed E-state index contributed by atoms with van der Waals surface area (Å²) in [6.07, 6.45) is 1.53. The fraction of sp³-hybridized carbons (Fsp3) is 0.321. The van der Waals surface area contributed by atoms with Crippen molar-refractivity contribution in [1.29, 1.82) is 0 Å². The zero-order chi connectivity index (χ0) is 29.4. The largest absolute Gasteiger partial charge is 0.507 e. The fourth-order valence-corrected chi connectivity index (χ4v) is 5.33. The van der Waals surface area contributed by atoms with Gasteiger partial charge in [-0.15, -0.1) is 11.8 Å². The van der Waals surface area contributed by atoms with Crippen molar-refractivity contribution in [3.8, 4) is 39.7 Å². The minimum atomic E-state index is -2.45. The van der Waals surface area contributed by atoms with Gasteiger partial charge in [-0.05, 0) is 17.7 Å². The molecule has 0 bridgehead atoms. The molecule has 3 heterocycles. The van der Waals surface area contributed by atoms with Crippen molar-refractivity contribution in [2.24, 2.45) is 0 Å². The number of nitrogens with one attached hydrogen (secondary N) is 1. The summed E-state index contributed by atoms with van der Waals surface area (Å²) in [5.41, 5.74) is 9.61. The zero-order valence-electron chi connectivity index (χ0n) is 22.4. The second kappa shape index (κ2) is 11.4. The van der Waals surface area contributed by atoms with Crippen LogP contribution in [-0.4, -0.2) is 76.7 Å². The molecule has 1 aliphatic heterocycles. The molecule has 1 saturated heterocycles. The van der Waals surface area contributed by atoms with Crippen molar-refractivity contribution in [3.63, 3.8) is 0 Å². The van der Waals surface area contributed by atoms with E-state index in [9.17, 15) is 25.5 Å². The van der Waals surface area contributed by atoms with E-state index in [1.165, 1.54) is 6.20 Å². The van der Waals surface area contributed by atoms with E-state index in [1.807, 2.05) is 12.1 Å². The van der Waals surface area contributed by atoms with E-state index < -0.39 is 30.8 Å². The molecule has 0 saturated carbocycles. The van der Waals surface area contributed by atoms with Gasteiger partial charge in [-0.3, -0.25) is 0 Å². The monoisotopic (exact) mass is 581 g/mol. The summed E-state index contributed by atoms with van der Waals surface area (Å²) in [5.74, 6) is -4.25. The quantitative estimate of drug-likeness (QED) is 0.118. The Morgan fingerprint density at radius 2 is 1.68 bits per heavy atom. The normalized spacial score (nSPS) is 16.8. The molecule has 1 aliphatic rings. The highest BCUT2D eigenvalue weighted by molar-refractivity contribution is 8.00. The molecule has 2 aromatic heterocycles. The third-order valence-corrected chi connectivity index (χ3v) is 7.55. The number of rotatable bonds is 8. The van der Waals surface area contributed by atoms with E-state index in [0.717, 1.165) is 16.0 Å². The van der Waals surface area contributed by atoms with E-state index in [-0.39, 0.29) is 18.1 Å². The molecule has 0 atom stereocenters. The molecule has 0 spiro atoms. The van der Waals surface area contributed by atoms with Crippen LogP contribution in [-0.2, 0) is 11.3 Å². The summed E-state index contributed by atoms with van der Waals surface area (Å²) < 4.78 is 10.4. The van der Waals surface area contributed by atoms with Gasteiger partial charge in [0, 0.05) is 33.9 Å². The van der Waals surface area contributed by atoms with Gasteiger partial charge in [0.2, 0.25) is 11.6 Å². The molecule has 216 valence electrons. The van der Waals surface area contributed by atoms with E-state index in [1.54, 1.807) is 48.2 Å². The number of aromatic nitrogens is 3. The molecule has 0 amide bonds. The number of aliphatic hydroxyl groups is 4. The highest BCUT2D eigenvalue weighted by atomic mass is 32.2. The van der Waals surface area contributed by atoms with Crippen LogP contribution in [0.15, 0.2) is 64.1 Å². The van der Waals surface area contributed by atoms with Gasteiger partial charge < -0.3 is 45.8 Å². The summed E-state index contributed by atoms with van der Waals surface area (Å²) in [7, 11) is 0. The van der Waals surface area contributed by atoms with Crippen LogP contribution in [0.2, 0.25) is 0 Å². The third-order valence-electron chi connectivity index (χ3n) is 6.48. The van der Waals surface area contributed by atoms with Gasteiger partial charge in [0.05, 0.1) is 11.9 Å². The van der Waals surface area contributed by atoms with Gasteiger partial charge in [0.25, 0.3) is 0 Å². The topological polar surface area (TPSA) is 200 Å². The number of nitrogens with two attached hydrogens (primary N) is 1. The molecule has 12 nitrogen and oxygen atoms in total. The maximum atomic E-state index is 10.5. The minimum absolute atomic E-state index is 0.131. The summed E-state index contributed by atoms with van der Waals surface area (Å²) >= 11 is 1.56. The average molecular weight is 582 g/mol. The molecule has 0 aliphatic carbocycles. The van der Waals surface area contributed by atoms with Crippen LogP contribution in [0.25, 0.3) is 34.0 Å². The summed E-state index contributed by atoms with van der Waals surface area (Å²) in [4.78, 5) is 9.66. The predicted molar refractivity (Wildman–Crippen MR) is 151 cm³/mol. The first-order valence-electron chi connectivity index (χ1n) is 12.8. The fourth-order valence-electron chi connectivity index (χ4n) is 4.50. The number of ether oxygens (including phenoxy) is 1. The van der Waals surface area contributed by atoms with Gasteiger partial charge in [0.1, 0.15) is 30.7 Å². The van der Waals surface area contributed by atoms with Crippen LogP contribution in [0.3, 0.4) is 0 Å². The number of aromatic hydroxyl groups is 1. The van der Waals surface area contributed by atoms with Gasteiger partial charge in [-0.2, -0.15) is 0 Å². The van der Waals surface area contributed by atoms with Crippen molar-refractivity contribution in [3.05, 3.63) is 60.3 Å². The zero-order valence-corrected chi connectivity index (χ0v) is 23.2. The summed E-state index contributed by atoms with van der Waals surface area (Å²) in [6.45, 7) is 3.33. The van der Waals surface area contributed by atoms with Crippen LogP contribution in [0.1, 0.15) is 19.4 Å². The molecule has 1 fully saturated rings. The highest BCUT2D eigenvalue weighted by Gasteiger charge is 2.52. The van der Waals surface area contributed by atoms with Crippen molar-refractivity contribution in [1.82, 2.24) is 20.4 Å². The lowest BCUT2D eigenvalue weighted by Gasteiger charge is -2.43. The van der Waals surface area contributed by atoms with E-state index in [4.69, 9.17) is 15.0 Å². The number of benzene rings is 2. The lowest BCUT2D eigenvalue weighted by molar-refractivity contribution is -0.341. The second-order valence-corrected chi connectivity index (χ2v) is 11.8. The SMILES string of the molecule is CC(C)Sc1ccc(-c2cnc(N)c(-c3cc(-c4ccc(CNC5C(O)(O)COCC5(O)O)cc4)no3)n2)cc1O. The maximum absolute atomic E-state index is 10.5. The molecule has 5 rings (SSSR count). The lowest BCUT2D eigenvalue weighted by atomic mass is 9.96. The minimum Gasteiger partial charge on any atom is -0.507 e. The van der Waals surface area contributed by atoms with Crippen LogP contribution < -0.4 is 11.1 Å². The molecular formula is C28H31N5O7S. The third kappa shape index (κ3) is 6.36. The predicted octanol–water partition coefficient (Wildman–Crippen LogP) is 2.10. The smallest absolute Gasteiger partial charge is 0.208 e. The van der Waals surface area contributed by atoms with Crippen LogP contribution in [0, 0.1) is 0 Å². The Kier molecular flexibility index (Phi) is 8.03. The Labute approximate surface area is 239 Å². The number of nitrogens with zero attached hydrogens (tertiary/aromatic N) is 3. The van der Waals surface area contributed by atoms with E-state index in [2.05, 4.69) is 34.3 Å². The molecule has 0 radical (unpaired) electrons. The molecule has 41 heavy (non-hydrogen) atoms. The van der Waals surface area contributed by atoms with E-state index >= 15 is 0 Å². The second-order valence-electron chi connectivity index (χ2n) is 10.2. The first-order valence-corrected chi connectivity index (χ1v) is 13.7. The highest BCUT2D eigenvalue weighted by Crippen LogP contribution is 2.35. The Morgan fingerprint density at radius 1 is 1.00 bits per heavy atom. The molecule has 13 heteroatoms. The number of hydrogen-bond acceptors (Lipinski definition) is 13. The number of nitrogen functional groups attached to an aromatic ring is 1.